The molecule has 0 N–H and O–H groups in total. The second-order valence-corrected chi connectivity index (χ2v) is 10.1. The van der Waals surface area contributed by atoms with E-state index in [-0.39, 0.29) is 0 Å². The van der Waals surface area contributed by atoms with Crippen molar-refractivity contribution in [3.05, 3.63) is 0 Å². The van der Waals surface area contributed by atoms with Crippen molar-refractivity contribution >= 4 is 0 Å². The van der Waals surface area contributed by atoms with Crippen LogP contribution in [0.4, 0.5) is 0 Å². The molecule has 6 heteroatoms. The quantitative estimate of drug-likeness (QED) is 0.595. The summed E-state index contributed by atoms with van der Waals surface area (Å²) in [4.78, 5) is 0. The van der Waals surface area contributed by atoms with E-state index in [9.17, 15) is 14.2 Å². The summed E-state index contributed by atoms with van der Waals surface area (Å²) in [5.74, 6) is 0. The minimum absolute atomic E-state index is 3.72. The van der Waals surface area contributed by atoms with E-state index >= 15 is 0 Å². The Morgan fingerprint density at radius 1 is 1.17 bits per heavy atom. The molecule has 0 aliphatic carbocycles. The first kappa shape index (κ1) is 6.47. The van der Waals surface area contributed by atoms with E-state index in [1.165, 1.54) is 0 Å². The first-order valence-electron chi connectivity index (χ1n) is 0.679. The fourth-order valence-electron chi connectivity index (χ4n) is 0. The molecule has 0 fully saturated rings. The Hall–Kier alpha value is 0.473. The van der Waals surface area contributed by atoms with Gasteiger partial charge in [0.25, 0.3) is 0 Å². The van der Waals surface area contributed by atoms with Gasteiger partial charge in [-0.3, -0.25) is 0 Å². The molecule has 0 rings (SSSR count). The average molecular weight is 357 g/mol. The number of hydrogen-bond donors (Lipinski definition) is 0. The molecular weight excluding hydrogens is 357 g/mol. The van der Waals surface area contributed by atoms with E-state index in [0.717, 1.165) is 0 Å². The van der Waals surface area contributed by atoms with Crippen LogP contribution in [0.15, 0.2) is 0 Å². The summed E-state index contributed by atoms with van der Waals surface area (Å²) in [6, 6.07) is 0. The van der Waals surface area contributed by atoms with Crippen molar-refractivity contribution in [2.45, 2.75) is 0 Å². The van der Waals surface area contributed by atoms with Gasteiger partial charge in [-0.05, 0) is 0 Å². The molecule has 0 bridgehead atoms. The van der Waals surface area contributed by atoms with Crippen molar-refractivity contribution in [2.75, 3.05) is 0 Å². The first-order valence-corrected chi connectivity index (χ1v) is 9.64. The van der Waals surface area contributed by atoms with Crippen LogP contribution in [0.2, 0.25) is 0 Å². The number of rotatable bonds is 1. The molecule has 0 aromatic carbocycles. The molecule has 0 aliphatic heterocycles. The summed E-state index contributed by atoms with van der Waals surface area (Å²) in [6.07, 6.45) is 0. The number of hydrogen-bond acceptors (Lipinski definition) is 4. The molecule has 0 aliphatic rings. The van der Waals surface area contributed by atoms with Crippen LogP contribution < -0.4 is 0 Å². The zero-order chi connectivity index (χ0) is 5.15. The van der Waals surface area contributed by atoms with Gasteiger partial charge in [-0.25, -0.2) is 0 Å². The Kier molecular flexibility index (Phi) is 2.82. The predicted molar refractivity (Wildman–Crippen MR) is 2.75 cm³/mol. The molecule has 0 saturated heterocycles. The van der Waals surface area contributed by atoms with Gasteiger partial charge < -0.3 is 0 Å². The molecule has 0 amide bonds. The zero-order valence-corrected chi connectivity index (χ0v) is 6.45. The van der Waals surface area contributed by atoms with Crippen LogP contribution in [-0.4, -0.2) is 0 Å². The van der Waals surface area contributed by atoms with Crippen molar-refractivity contribution in [3.63, 3.8) is 0 Å². The van der Waals surface area contributed by atoms with E-state index in [1.54, 1.807) is 0 Å². The molecule has 0 unspecified atom stereocenters. The monoisotopic (exact) mass is 359 g/mol. The Morgan fingerprint density at radius 2 is 1.33 bits per heavy atom. The van der Waals surface area contributed by atoms with Gasteiger partial charge in [-0.1, -0.05) is 0 Å². The summed E-state index contributed by atoms with van der Waals surface area (Å²) >= 11 is -7.65. The molecule has 41 valence electrons. The summed E-state index contributed by atoms with van der Waals surface area (Å²) in [5.41, 5.74) is 0. The molecule has 0 heterocycles. The van der Waals surface area contributed by atoms with Gasteiger partial charge in [0.15, 0.2) is 0 Å². The molecule has 0 aromatic rings. The Labute approximate surface area is 41.4 Å². The van der Waals surface area contributed by atoms with Gasteiger partial charge in [0.05, 0.1) is 0 Å². The summed E-state index contributed by atoms with van der Waals surface area (Å²) in [5, 5.41) is 0. The molecule has 0 saturated carbocycles. The van der Waals surface area contributed by atoms with Crippen molar-refractivity contribution in [2.24, 2.45) is 0 Å². The molecule has 4 nitrogen and oxygen atoms in total. The van der Waals surface area contributed by atoms with Crippen LogP contribution in [0.3, 0.4) is 0 Å². The topological polar surface area (TPSA) is 68.3 Å². The molecule has 6 heavy (non-hydrogen) atoms. The van der Waals surface area contributed by atoms with E-state index in [0.29, 0.717) is 0 Å². The van der Waals surface area contributed by atoms with Crippen LogP contribution in [0.1, 0.15) is 0 Å². The minimum atomic E-state index is -3.93. The Bertz CT molecular complexity index is 124. The third kappa shape index (κ3) is 2.70. The van der Waals surface area contributed by atoms with E-state index in [4.69, 9.17) is 0 Å². The van der Waals surface area contributed by atoms with Crippen molar-refractivity contribution in [1.82, 2.24) is 0 Å². The van der Waals surface area contributed by atoms with E-state index in [2.05, 4.69) is 0 Å². The molecular formula is IrO4Ru. The fourth-order valence-corrected chi connectivity index (χ4v) is 0. The second-order valence-electron chi connectivity index (χ2n) is 0.307. The molecule has 0 atom stereocenters. The van der Waals surface area contributed by atoms with Crippen molar-refractivity contribution < 1.29 is 41.2 Å². The summed E-state index contributed by atoms with van der Waals surface area (Å²) in [7, 11) is 0. The van der Waals surface area contributed by atoms with Crippen molar-refractivity contribution in [3.8, 4) is 0 Å². The van der Waals surface area contributed by atoms with Gasteiger partial charge >= 0.3 is 41.2 Å². The summed E-state index contributed by atoms with van der Waals surface area (Å²) < 4.78 is 37.1. The average Bonchev–Trinajstić information content (AvgIpc) is 1.36. The van der Waals surface area contributed by atoms with Gasteiger partial charge in [0.2, 0.25) is 0 Å². The first-order chi connectivity index (χ1) is 2.64. The maximum absolute atomic E-state index is 9.28. The van der Waals surface area contributed by atoms with Gasteiger partial charge in [-0.2, -0.15) is 0 Å². The van der Waals surface area contributed by atoms with Crippen LogP contribution in [-0.2, 0) is 41.2 Å². The standard InChI is InChI=1S/Ir.4O.Ru. The predicted octanol–water partition coefficient (Wildman–Crippen LogP) is -0.480. The van der Waals surface area contributed by atoms with Crippen LogP contribution in [0.5, 0.6) is 0 Å². The van der Waals surface area contributed by atoms with Crippen LogP contribution in [0, 0.1) is 0 Å². The SMILES string of the molecule is [O]=[Ru](=[O])[Ir](=[O])=[O]. The van der Waals surface area contributed by atoms with Gasteiger partial charge in [0.1, 0.15) is 0 Å². The normalized spacial score (nSPS) is 11.8. The zero-order valence-electron chi connectivity index (χ0n) is 2.32. The molecule has 0 aromatic heterocycles. The maximum atomic E-state index is 9.28. The third-order valence-electron chi connectivity index (χ3n) is 0.0786. The van der Waals surface area contributed by atoms with Crippen LogP contribution in [0.25, 0.3) is 0 Å². The van der Waals surface area contributed by atoms with Gasteiger partial charge in [0, 0.05) is 0 Å². The second kappa shape index (κ2) is 2.61. The summed E-state index contributed by atoms with van der Waals surface area (Å²) in [6.45, 7) is 0. The van der Waals surface area contributed by atoms with Crippen LogP contribution >= 0.6 is 0 Å². The molecule has 0 radical (unpaired) electrons. The molecule has 0 spiro atoms. The fraction of sp³-hybridized carbons (Fsp3) is 0. The van der Waals surface area contributed by atoms with E-state index < -0.39 is 27.1 Å². The van der Waals surface area contributed by atoms with E-state index in [1.807, 2.05) is 0 Å². The van der Waals surface area contributed by atoms with Crippen molar-refractivity contribution in [1.29, 1.82) is 0 Å². The van der Waals surface area contributed by atoms with Gasteiger partial charge in [-0.15, -0.1) is 0 Å². The Balaban J connectivity index is 4.38. The third-order valence-corrected chi connectivity index (χ3v) is 3.80. The Morgan fingerprint density at radius 3 is 1.33 bits per heavy atom.